The Labute approximate surface area is 163 Å². The van der Waals surface area contributed by atoms with Gasteiger partial charge in [0.25, 0.3) is 5.91 Å². The summed E-state index contributed by atoms with van der Waals surface area (Å²) in [4.78, 5) is 16.1. The van der Waals surface area contributed by atoms with Crippen LogP contribution in [0, 0.1) is 11.6 Å². The number of aromatic nitrogens is 3. The molecule has 2 aromatic heterocycles. The van der Waals surface area contributed by atoms with Crippen molar-refractivity contribution in [1.29, 1.82) is 0 Å². The lowest BCUT2D eigenvalue weighted by molar-refractivity contribution is -0.141. The third-order valence-electron chi connectivity index (χ3n) is 3.61. The number of halogens is 5. The maximum absolute atomic E-state index is 13.7. The van der Waals surface area contributed by atoms with Crippen molar-refractivity contribution < 1.29 is 26.7 Å². The van der Waals surface area contributed by atoms with Crippen molar-refractivity contribution in [2.75, 3.05) is 5.32 Å². The molecule has 10 heteroatoms. The second-order valence-electron chi connectivity index (χ2n) is 5.50. The van der Waals surface area contributed by atoms with Crippen LogP contribution in [0.25, 0.3) is 11.4 Å². The molecule has 0 fully saturated rings. The lowest BCUT2D eigenvalue weighted by atomic mass is 10.2. The molecule has 3 aromatic rings. The number of alkyl halides is 3. The molecule has 0 unspecified atom stereocenters. The van der Waals surface area contributed by atoms with Gasteiger partial charge in [0.1, 0.15) is 23.0 Å². The number of amides is 1. The lowest BCUT2D eigenvalue weighted by Crippen LogP contribution is -2.16. The second kappa shape index (κ2) is 8.80. The van der Waals surface area contributed by atoms with Crippen LogP contribution < -0.4 is 5.32 Å². The van der Waals surface area contributed by atoms with Gasteiger partial charge in [-0.3, -0.25) is 9.48 Å². The fraction of sp³-hybridized carbons (Fsp3) is 0.211. The molecule has 154 valence electrons. The van der Waals surface area contributed by atoms with Crippen LogP contribution in [-0.4, -0.2) is 20.7 Å². The SMILES string of the molecule is CC.Cn1nc(C(F)(F)F)cc1-c1cccc(NC(=O)c2c(F)cccc2F)n1. The van der Waals surface area contributed by atoms with E-state index in [1.807, 2.05) is 13.8 Å². The summed E-state index contributed by atoms with van der Waals surface area (Å²) in [6, 6.07) is 7.95. The van der Waals surface area contributed by atoms with Gasteiger partial charge in [-0.1, -0.05) is 26.0 Å². The van der Waals surface area contributed by atoms with Crippen molar-refractivity contribution in [2.45, 2.75) is 20.0 Å². The minimum Gasteiger partial charge on any atom is -0.306 e. The lowest BCUT2D eigenvalue weighted by Gasteiger charge is -2.08. The summed E-state index contributed by atoms with van der Waals surface area (Å²) >= 11 is 0. The van der Waals surface area contributed by atoms with Crippen LogP contribution in [0.1, 0.15) is 29.9 Å². The summed E-state index contributed by atoms with van der Waals surface area (Å²) in [5.74, 6) is -3.26. The highest BCUT2D eigenvalue weighted by atomic mass is 19.4. The van der Waals surface area contributed by atoms with Gasteiger partial charge in [-0.15, -0.1) is 0 Å². The predicted octanol–water partition coefficient (Wildman–Crippen LogP) is 5.06. The van der Waals surface area contributed by atoms with Crippen molar-refractivity contribution in [2.24, 2.45) is 7.05 Å². The molecule has 1 N–H and O–H groups in total. The predicted molar refractivity (Wildman–Crippen MR) is 97.1 cm³/mol. The molecule has 0 saturated heterocycles. The monoisotopic (exact) mass is 412 g/mol. The molecule has 1 amide bonds. The van der Waals surface area contributed by atoms with Gasteiger partial charge in [0.05, 0.1) is 11.4 Å². The minimum absolute atomic E-state index is 0.0514. The first-order chi connectivity index (χ1) is 13.7. The summed E-state index contributed by atoms with van der Waals surface area (Å²) in [6.45, 7) is 4.00. The molecule has 0 aliphatic rings. The van der Waals surface area contributed by atoms with Crippen LogP contribution in [0.2, 0.25) is 0 Å². The maximum Gasteiger partial charge on any atom is 0.435 e. The standard InChI is InChI=1S/C17H11F5N4O.C2H6/c1-26-12(8-13(25-26)17(20,21)22)11-6-3-7-14(23-11)24-16(27)15-9(18)4-2-5-10(15)19;1-2/h2-8H,1H3,(H,23,24,27);1-2H3. The molecule has 0 radical (unpaired) electrons. The van der Waals surface area contributed by atoms with E-state index in [9.17, 15) is 26.7 Å². The van der Waals surface area contributed by atoms with E-state index in [4.69, 9.17) is 0 Å². The number of hydrogen-bond donors (Lipinski definition) is 1. The normalized spacial score (nSPS) is 10.9. The average Bonchev–Trinajstić information content (AvgIpc) is 3.06. The first-order valence-electron chi connectivity index (χ1n) is 8.51. The molecular weight excluding hydrogens is 395 g/mol. The topological polar surface area (TPSA) is 59.8 Å². The van der Waals surface area contributed by atoms with Crippen LogP contribution in [-0.2, 0) is 13.2 Å². The largest absolute Gasteiger partial charge is 0.435 e. The molecule has 2 heterocycles. The first kappa shape index (κ1) is 22.0. The Morgan fingerprint density at radius 1 is 1.03 bits per heavy atom. The molecule has 29 heavy (non-hydrogen) atoms. The fourth-order valence-electron chi connectivity index (χ4n) is 2.39. The van der Waals surface area contributed by atoms with Crippen molar-refractivity contribution >= 4 is 11.7 Å². The van der Waals surface area contributed by atoms with E-state index in [2.05, 4.69) is 15.4 Å². The van der Waals surface area contributed by atoms with Gasteiger partial charge < -0.3 is 5.32 Å². The number of carbonyl (C=O) groups is 1. The van der Waals surface area contributed by atoms with Gasteiger partial charge >= 0.3 is 6.18 Å². The second-order valence-corrected chi connectivity index (χ2v) is 5.50. The summed E-state index contributed by atoms with van der Waals surface area (Å²) in [5.41, 5.74) is -1.74. The minimum atomic E-state index is -4.62. The number of benzene rings is 1. The van der Waals surface area contributed by atoms with Crippen LogP contribution >= 0.6 is 0 Å². The van der Waals surface area contributed by atoms with Crippen LogP contribution in [0.4, 0.5) is 27.8 Å². The first-order valence-corrected chi connectivity index (χ1v) is 8.51. The molecule has 0 spiro atoms. The van der Waals surface area contributed by atoms with Crippen molar-refractivity contribution in [3.63, 3.8) is 0 Å². The molecule has 0 aliphatic carbocycles. The van der Waals surface area contributed by atoms with E-state index in [1.165, 1.54) is 25.2 Å². The van der Waals surface area contributed by atoms with Crippen LogP contribution in [0.3, 0.4) is 0 Å². The zero-order valence-corrected chi connectivity index (χ0v) is 15.7. The van der Waals surface area contributed by atoms with E-state index in [0.717, 1.165) is 28.9 Å². The van der Waals surface area contributed by atoms with Gasteiger partial charge in [0, 0.05) is 7.05 Å². The zero-order chi connectivity index (χ0) is 21.8. The summed E-state index contributed by atoms with van der Waals surface area (Å²) in [5, 5.41) is 5.61. The van der Waals surface area contributed by atoms with Gasteiger partial charge in [0.2, 0.25) is 0 Å². The van der Waals surface area contributed by atoms with Gasteiger partial charge in [-0.25, -0.2) is 13.8 Å². The average molecular weight is 412 g/mol. The molecule has 0 aliphatic heterocycles. The van der Waals surface area contributed by atoms with Gasteiger partial charge in [-0.2, -0.15) is 18.3 Å². The van der Waals surface area contributed by atoms with Gasteiger partial charge in [-0.05, 0) is 30.3 Å². The van der Waals surface area contributed by atoms with E-state index >= 15 is 0 Å². The number of aryl methyl sites for hydroxylation is 1. The van der Waals surface area contributed by atoms with Crippen LogP contribution in [0.5, 0.6) is 0 Å². The highest BCUT2D eigenvalue weighted by molar-refractivity contribution is 6.04. The number of pyridine rings is 1. The number of anilines is 1. The third kappa shape index (κ3) is 4.95. The van der Waals surface area contributed by atoms with E-state index in [0.29, 0.717) is 0 Å². The number of nitrogens with zero attached hydrogens (tertiary/aromatic N) is 3. The number of hydrogen-bond acceptors (Lipinski definition) is 3. The Balaban J connectivity index is 0.00000145. The van der Waals surface area contributed by atoms with E-state index in [1.54, 1.807) is 0 Å². The highest BCUT2D eigenvalue weighted by Gasteiger charge is 2.34. The summed E-state index contributed by atoms with van der Waals surface area (Å²) < 4.78 is 66.7. The maximum atomic E-state index is 13.7. The molecular formula is C19H17F5N4O. The fourth-order valence-corrected chi connectivity index (χ4v) is 2.39. The number of rotatable bonds is 3. The molecule has 0 saturated carbocycles. The Kier molecular flexibility index (Phi) is 6.68. The smallest absolute Gasteiger partial charge is 0.306 e. The molecule has 0 bridgehead atoms. The zero-order valence-electron chi connectivity index (χ0n) is 15.7. The Hall–Kier alpha value is -3.30. The van der Waals surface area contributed by atoms with Crippen molar-refractivity contribution in [3.05, 3.63) is 65.4 Å². The Morgan fingerprint density at radius 2 is 1.62 bits per heavy atom. The third-order valence-corrected chi connectivity index (χ3v) is 3.61. The Bertz CT molecular complexity index is 994. The van der Waals surface area contributed by atoms with Crippen molar-refractivity contribution in [3.8, 4) is 11.4 Å². The number of nitrogens with one attached hydrogen (secondary N) is 1. The summed E-state index contributed by atoms with van der Waals surface area (Å²) in [7, 11) is 1.31. The van der Waals surface area contributed by atoms with Crippen molar-refractivity contribution in [1.82, 2.24) is 14.8 Å². The van der Waals surface area contributed by atoms with E-state index < -0.39 is 35.0 Å². The van der Waals surface area contributed by atoms with E-state index in [-0.39, 0.29) is 17.2 Å². The quantitative estimate of drug-likeness (QED) is 0.612. The number of carbonyl (C=O) groups excluding carboxylic acids is 1. The molecule has 5 nitrogen and oxygen atoms in total. The van der Waals surface area contributed by atoms with Crippen LogP contribution in [0.15, 0.2) is 42.5 Å². The summed E-state index contributed by atoms with van der Waals surface area (Å²) in [6.07, 6.45) is -4.62. The Morgan fingerprint density at radius 3 is 2.17 bits per heavy atom. The molecule has 0 atom stereocenters. The molecule has 3 rings (SSSR count). The van der Waals surface area contributed by atoms with Gasteiger partial charge in [0.15, 0.2) is 5.69 Å². The highest BCUT2D eigenvalue weighted by Crippen LogP contribution is 2.31. The molecule has 1 aromatic carbocycles.